The van der Waals surface area contributed by atoms with Crippen LogP contribution in [-0.2, 0) is 19.3 Å². The lowest BCUT2D eigenvalue weighted by Gasteiger charge is -2.23. The van der Waals surface area contributed by atoms with E-state index in [-0.39, 0.29) is 0 Å². The van der Waals surface area contributed by atoms with E-state index in [1.54, 1.807) is 11.1 Å². The molecule has 0 N–H and O–H groups in total. The van der Waals surface area contributed by atoms with Gasteiger partial charge in [-0.2, -0.15) is 0 Å². The van der Waals surface area contributed by atoms with Crippen LogP contribution >= 0.6 is 0 Å². The Bertz CT molecular complexity index is 1260. The highest BCUT2D eigenvalue weighted by molar-refractivity contribution is 5.71. The van der Waals surface area contributed by atoms with Gasteiger partial charge in [-0.15, -0.1) is 0 Å². The van der Waals surface area contributed by atoms with Crippen molar-refractivity contribution >= 4 is 11.1 Å². The third kappa shape index (κ3) is 13.2. The largest absolute Gasteiger partial charge is 0.0952 e. The standard InChI is InChI=1S/C47H74/c1-12-18-19-25-43(40(14-3)27-22-24-39-28-30-41(15-4)47(34-39)44(17-6)36(9)10)26-21-20-23-37(11)46-33-38(13-2)29-31-45(46)42(16-5)32-35(7)8/h14,28-31,33-35,42-43H,11-13,15-27,32H2,1-10H3. The summed E-state index contributed by atoms with van der Waals surface area (Å²) in [4.78, 5) is 0. The van der Waals surface area contributed by atoms with Crippen molar-refractivity contribution in [3.63, 3.8) is 0 Å². The van der Waals surface area contributed by atoms with Gasteiger partial charge in [-0.3, -0.25) is 0 Å². The minimum Gasteiger partial charge on any atom is -0.0952 e. The predicted molar refractivity (Wildman–Crippen MR) is 215 cm³/mol. The number of allylic oxidation sites excluding steroid dienone is 5. The van der Waals surface area contributed by atoms with Gasteiger partial charge in [-0.25, -0.2) is 0 Å². The third-order valence-corrected chi connectivity index (χ3v) is 10.7. The number of aryl methyl sites for hydroxylation is 3. The van der Waals surface area contributed by atoms with Gasteiger partial charge < -0.3 is 0 Å². The zero-order chi connectivity index (χ0) is 34.8. The van der Waals surface area contributed by atoms with E-state index in [4.69, 9.17) is 0 Å². The SMILES string of the molecule is C=C(CCCCC(CCCCC)C(=CC)CCCc1ccc(CC)c(C(CC)=C(C)C)c1)c1cc(CC)ccc1C(CC)CC(C)C. The molecule has 262 valence electrons. The minimum absolute atomic E-state index is 0.630. The summed E-state index contributed by atoms with van der Waals surface area (Å²) in [7, 11) is 0. The Hall–Kier alpha value is -2.34. The second-order valence-corrected chi connectivity index (χ2v) is 14.9. The Morgan fingerprint density at radius 3 is 2.02 bits per heavy atom. The summed E-state index contributed by atoms with van der Waals surface area (Å²) in [6.07, 6.45) is 22.2. The van der Waals surface area contributed by atoms with Crippen LogP contribution in [-0.4, -0.2) is 0 Å². The lowest BCUT2D eigenvalue weighted by Crippen LogP contribution is -2.07. The number of hydrogen-bond donors (Lipinski definition) is 0. The van der Waals surface area contributed by atoms with Crippen molar-refractivity contribution in [3.8, 4) is 0 Å². The molecule has 0 aliphatic heterocycles. The Morgan fingerprint density at radius 2 is 1.45 bits per heavy atom. The first-order valence-electron chi connectivity index (χ1n) is 19.9. The van der Waals surface area contributed by atoms with Crippen LogP contribution in [0.25, 0.3) is 11.1 Å². The molecule has 0 spiro atoms. The van der Waals surface area contributed by atoms with Crippen LogP contribution in [0.4, 0.5) is 0 Å². The number of rotatable bonds is 23. The summed E-state index contributed by atoms with van der Waals surface area (Å²) in [6, 6.07) is 14.6. The van der Waals surface area contributed by atoms with Crippen LogP contribution in [0, 0.1) is 11.8 Å². The van der Waals surface area contributed by atoms with E-state index in [0.717, 1.165) is 31.6 Å². The molecule has 2 rings (SSSR count). The van der Waals surface area contributed by atoms with Crippen molar-refractivity contribution in [1.82, 2.24) is 0 Å². The summed E-state index contributed by atoms with van der Waals surface area (Å²) in [6.45, 7) is 27.8. The molecule has 2 unspecified atom stereocenters. The molecule has 0 radical (unpaired) electrons. The van der Waals surface area contributed by atoms with Crippen molar-refractivity contribution in [2.24, 2.45) is 11.8 Å². The molecule has 47 heavy (non-hydrogen) atoms. The van der Waals surface area contributed by atoms with Gasteiger partial charge in [0, 0.05) is 0 Å². The second-order valence-electron chi connectivity index (χ2n) is 14.9. The van der Waals surface area contributed by atoms with Crippen molar-refractivity contribution in [3.05, 3.63) is 93.6 Å². The zero-order valence-electron chi connectivity index (χ0n) is 32.8. The first kappa shape index (κ1) is 40.8. The maximum atomic E-state index is 4.68. The molecule has 0 saturated heterocycles. The first-order valence-corrected chi connectivity index (χ1v) is 19.9. The Balaban J connectivity index is 2.08. The molecule has 0 aliphatic carbocycles. The lowest BCUT2D eigenvalue weighted by molar-refractivity contribution is 0.450. The van der Waals surface area contributed by atoms with Crippen LogP contribution in [0.5, 0.6) is 0 Å². The molecule has 0 fully saturated rings. The van der Waals surface area contributed by atoms with Gasteiger partial charge in [0.2, 0.25) is 0 Å². The van der Waals surface area contributed by atoms with Crippen molar-refractivity contribution < 1.29 is 0 Å². The van der Waals surface area contributed by atoms with Gasteiger partial charge in [0.15, 0.2) is 0 Å². The van der Waals surface area contributed by atoms with Gasteiger partial charge in [-0.05, 0) is 160 Å². The molecular weight excluding hydrogens is 565 g/mol. The van der Waals surface area contributed by atoms with E-state index in [2.05, 4.69) is 118 Å². The minimum atomic E-state index is 0.630. The highest BCUT2D eigenvalue weighted by Crippen LogP contribution is 2.36. The van der Waals surface area contributed by atoms with Gasteiger partial charge >= 0.3 is 0 Å². The average molecular weight is 639 g/mol. The van der Waals surface area contributed by atoms with Crippen LogP contribution in [0.15, 0.2) is 60.2 Å². The van der Waals surface area contributed by atoms with Gasteiger partial charge in [-0.1, -0.05) is 134 Å². The lowest BCUT2D eigenvalue weighted by atomic mass is 9.82. The van der Waals surface area contributed by atoms with E-state index in [0.29, 0.717) is 11.8 Å². The van der Waals surface area contributed by atoms with Crippen molar-refractivity contribution in [1.29, 1.82) is 0 Å². The molecule has 0 aromatic heterocycles. The van der Waals surface area contributed by atoms with Crippen LogP contribution in [0.3, 0.4) is 0 Å². The fourth-order valence-corrected chi connectivity index (χ4v) is 7.85. The molecule has 0 bridgehead atoms. The normalized spacial score (nSPS) is 13.2. The maximum Gasteiger partial charge on any atom is -0.0156 e. The predicted octanol–water partition coefficient (Wildman–Crippen LogP) is 15.3. The molecule has 2 aromatic carbocycles. The fourth-order valence-electron chi connectivity index (χ4n) is 7.85. The van der Waals surface area contributed by atoms with Crippen LogP contribution in [0.2, 0.25) is 0 Å². The molecule has 2 atom stereocenters. The quantitative estimate of drug-likeness (QED) is 0.0839. The van der Waals surface area contributed by atoms with E-state index in [1.165, 1.54) is 122 Å². The highest BCUT2D eigenvalue weighted by atomic mass is 14.2. The zero-order valence-corrected chi connectivity index (χ0v) is 32.8. The summed E-state index contributed by atoms with van der Waals surface area (Å²) in [5.74, 6) is 2.07. The van der Waals surface area contributed by atoms with Crippen LogP contribution in [0.1, 0.15) is 192 Å². The third-order valence-electron chi connectivity index (χ3n) is 10.7. The summed E-state index contributed by atoms with van der Waals surface area (Å²) < 4.78 is 0. The smallest absolute Gasteiger partial charge is 0.0156 e. The molecule has 0 saturated carbocycles. The van der Waals surface area contributed by atoms with Crippen LogP contribution < -0.4 is 0 Å². The van der Waals surface area contributed by atoms with E-state index in [9.17, 15) is 0 Å². The molecule has 0 aliphatic rings. The van der Waals surface area contributed by atoms with Crippen molar-refractivity contribution in [2.75, 3.05) is 0 Å². The summed E-state index contributed by atoms with van der Waals surface area (Å²) in [5, 5.41) is 0. The summed E-state index contributed by atoms with van der Waals surface area (Å²) in [5.41, 5.74) is 15.0. The molecule has 2 aromatic rings. The molecule has 0 amide bonds. The monoisotopic (exact) mass is 639 g/mol. The number of hydrogen-bond acceptors (Lipinski definition) is 0. The second kappa shape index (κ2) is 22.3. The molecular formula is C47H74. The maximum absolute atomic E-state index is 4.68. The Morgan fingerprint density at radius 1 is 0.766 bits per heavy atom. The van der Waals surface area contributed by atoms with Gasteiger partial charge in [0.1, 0.15) is 0 Å². The van der Waals surface area contributed by atoms with Crippen molar-refractivity contribution in [2.45, 2.75) is 178 Å². The number of unbranched alkanes of at least 4 members (excludes halogenated alkanes) is 3. The molecule has 0 nitrogen and oxygen atoms in total. The average Bonchev–Trinajstić information content (AvgIpc) is 3.06. The fraction of sp³-hybridized carbons (Fsp3) is 0.617. The molecule has 0 heterocycles. The van der Waals surface area contributed by atoms with E-state index < -0.39 is 0 Å². The number of benzene rings is 2. The summed E-state index contributed by atoms with van der Waals surface area (Å²) >= 11 is 0. The first-order chi connectivity index (χ1) is 22.6. The Kier molecular flexibility index (Phi) is 19.4. The van der Waals surface area contributed by atoms with E-state index in [1.807, 2.05) is 0 Å². The Labute approximate surface area is 293 Å². The molecule has 0 heteroatoms. The van der Waals surface area contributed by atoms with E-state index >= 15 is 0 Å². The van der Waals surface area contributed by atoms with Gasteiger partial charge in [0.25, 0.3) is 0 Å². The topological polar surface area (TPSA) is 0 Å². The highest BCUT2D eigenvalue weighted by Gasteiger charge is 2.18. The van der Waals surface area contributed by atoms with Gasteiger partial charge in [0.05, 0.1) is 0 Å².